The Labute approximate surface area is 220 Å². The van der Waals surface area contributed by atoms with E-state index in [2.05, 4.69) is 5.32 Å². The fraction of sp³-hybridized carbons (Fsp3) is 0.333. The molecule has 198 valence electrons. The number of rotatable bonds is 13. The lowest BCUT2D eigenvalue weighted by Crippen LogP contribution is -2.46. The van der Waals surface area contributed by atoms with E-state index in [4.69, 9.17) is 14.2 Å². The normalized spacial score (nSPS) is 10.6. The number of urea groups is 1. The van der Waals surface area contributed by atoms with Gasteiger partial charge in [-0.15, -0.1) is 11.3 Å². The molecule has 1 N–H and O–H groups in total. The first-order valence-electron chi connectivity index (χ1n) is 11.8. The van der Waals surface area contributed by atoms with Crippen LogP contribution >= 0.6 is 11.3 Å². The summed E-state index contributed by atoms with van der Waals surface area (Å²) in [5, 5.41) is 4.51. The van der Waals surface area contributed by atoms with E-state index in [1.807, 2.05) is 35.7 Å². The second-order valence-electron chi connectivity index (χ2n) is 8.16. The van der Waals surface area contributed by atoms with Gasteiger partial charge < -0.3 is 29.3 Å². The van der Waals surface area contributed by atoms with Crippen LogP contribution in [0.5, 0.6) is 11.5 Å². The molecule has 0 aliphatic carbocycles. The van der Waals surface area contributed by atoms with Gasteiger partial charge in [0, 0.05) is 25.1 Å². The van der Waals surface area contributed by atoms with Crippen molar-refractivity contribution in [2.75, 3.05) is 52.9 Å². The van der Waals surface area contributed by atoms with E-state index in [0.29, 0.717) is 31.0 Å². The van der Waals surface area contributed by atoms with Crippen molar-refractivity contribution in [2.24, 2.45) is 0 Å². The van der Waals surface area contributed by atoms with Gasteiger partial charge in [-0.05, 0) is 47.7 Å². The van der Waals surface area contributed by atoms with E-state index in [1.54, 1.807) is 36.5 Å². The fourth-order valence-corrected chi connectivity index (χ4v) is 4.38. The summed E-state index contributed by atoms with van der Waals surface area (Å²) in [4.78, 5) is 30.5. The quantitative estimate of drug-likeness (QED) is 0.349. The van der Waals surface area contributed by atoms with Gasteiger partial charge in [-0.1, -0.05) is 24.3 Å². The highest BCUT2D eigenvalue weighted by atomic mass is 32.1. The number of nitrogens with zero attached hydrogens (tertiary/aromatic N) is 2. The minimum absolute atomic E-state index is 0.0475. The Kier molecular flexibility index (Phi) is 10.7. The van der Waals surface area contributed by atoms with E-state index in [-0.39, 0.29) is 31.3 Å². The monoisotopic (exact) mass is 529 g/mol. The molecule has 3 amide bonds. The van der Waals surface area contributed by atoms with Crippen LogP contribution in [-0.2, 0) is 22.5 Å². The first kappa shape index (κ1) is 27.9. The van der Waals surface area contributed by atoms with E-state index in [1.165, 1.54) is 30.2 Å². The number of hydrogen-bond donors (Lipinski definition) is 1. The molecule has 2 aromatic carbocycles. The van der Waals surface area contributed by atoms with Gasteiger partial charge >= 0.3 is 6.03 Å². The predicted molar refractivity (Wildman–Crippen MR) is 142 cm³/mol. The molecular formula is C27H32FN3O5S. The number of benzene rings is 2. The smallest absolute Gasteiger partial charge is 0.322 e. The summed E-state index contributed by atoms with van der Waals surface area (Å²) in [7, 11) is 4.67. The molecule has 0 fully saturated rings. The lowest BCUT2D eigenvalue weighted by molar-refractivity contribution is -0.132. The lowest BCUT2D eigenvalue weighted by Gasteiger charge is -2.28. The van der Waals surface area contributed by atoms with Gasteiger partial charge in [0.2, 0.25) is 5.91 Å². The average Bonchev–Trinajstić information content (AvgIpc) is 3.43. The second-order valence-corrected chi connectivity index (χ2v) is 9.19. The van der Waals surface area contributed by atoms with Crippen LogP contribution in [0.2, 0.25) is 0 Å². The van der Waals surface area contributed by atoms with Crippen molar-refractivity contribution in [2.45, 2.75) is 13.0 Å². The van der Waals surface area contributed by atoms with Crippen molar-refractivity contribution >= 4 is 29.0 Å². The number of halogens is 1. The number of carbonyl (C=O) groups is 2. The van der Waals surface area contributed by atoms with Crippen molar-refractivity contribution in [1.29, 1.82) is 0 Å². The third-order valence-corrected chi connectivity index (χ3v) is 6.55. The molecule has 0 radical (unpaired) electrons. The highest BCUT2D eigenvalue weighted by molar-refractivity contribution is 7.09. The average molecular weight is 530 g/mol. The third kappa shape index (κ3) is 8.19. The Morgan fingerprint density at radius 1 is 0.946 bits per heavy atom. The Morgan fingerprint density at radius 2 is 1.73 bits per heavy atom. The summed E-state index contributed by atoms with van der Waals surface area (Å²) < 4.78 is 29.9. The molecule has 3 aromatic rings. The number of anilines is 1. The first-order valence-corrected chi connectivity index (χ1v) is 12.6. The van der Waals surface area contributed by atoms with Gasteiger partial charge in [-0.2, -0.15) is 0 Å². The molecule has 0 aliphatic rings. The summed E-state index contributed by atoms with van der Waals surface area (Å²) in [6.07, 6.45) is 0.580. The zero-order valence-corrected chi connectivity index (χ0v) is 22.1. The number of carbonyl (C=O) groups excluding carboxylic acids is 2. The molecule has 10 heteroatoms. The Balaban J connectivity index is 1.74. The number of hydrogen-bond acceptors (Lipinski definition) is 6. The van der Waals surface area contributed by atoms with Crippen LogP contribution in [0.1, 0.15) is 10.4 Å². The van der Waals surface area contributed by atoms with Crippen LogP contribution in [0.4, 0.5) is 14.9 Å². The summed E-state index contributed by atoms with van der Waals surface area (Å²) in [5.41, 5.74) is 1.03. The van der Waals surface area contributed by atoms with E-state index < -0.39 is 11.8 Å². The Morgan fingerprint density at radius 3 is 2.41 bits per heavy atom. The third-order valence-electron chi connectivity index (χ3n) is 5.69. The van der Waals surface area contributed by atoms with Crippen LogP contribution in [0.25, 0.3) is 0 Å². The van der Waals surface area contributed by atoms with Crippen molar-refractivity contribution in [1.82, 2.24) is 9.80 Å². The molecule has 0 saturated carbocycles. The van der Waals surface area contributed by atoms with Crippen LogP contribution in [0.3, 0.4) is 0 Å². The van der Waals surface area contributed by atoms with Gasteiger partial charge in [0.15, 0.2) is 11.5 Å². The molecule has 0 bridgehead atoms. The largest absolute Gasteiger partial charge is 0.493 e. The van der Waals surface area contributed by atoms with Crippen molar-refractivity contribution in [3.05, 3.63) is 76.2 Å². The lowest BCUT2D eigenvalue weighted by atomic mass is 10.1. The van der Waals surface area contributed by atoms with Gasteiger partial charge in [0.1, 0.15) is 12.4 Å². The highest BCUT2D eigenvalue weighted by Crippen LogP contribution is 2.28. The van der Waals surface area contributed by atoms with E-state index in [0.717, 1.165) is 10.4 Å². The summed E-state index contributed by atoms with van der Waals surface area (Å²) >= 11 is 1.56. The summed E-state index contributed by atoms with van der Waals surface area (Å²) in [6.45, 7) is 1.07. The minimum Gasteiger partial charge on any atom is -0.493 e. The van der Waals surface area contributed by atoms with E-state index >= 15 is 0 Å². The maximum absolute atomic E-state index is 14.1. The SMILES string of the molecule is COCCN(CC(=O)N(CCc1ccc(OC)c(OC)c1)Cc1cccs1)C(=O)Nc1ccccc1F. The van der Waals surface area contributed by atoms with Gasteiger partial charge in [0.25, 0.3) is 0 Å². The molecule has 0 atom stereocenters. The number of amides is 3. The van der Waals surface area contributed by atoms with Gasteiger partial charge in [-0.3, -0.25) is 4.79 Å². The summed E-state index contributed by atoms with van der Waals surface area (Å²) in [6, 6.07) is 14.9. The van der Waals surface area contributed by atoms with Crippen molar-refractivity contribution in [3.63, 3.8) is 0 Å². The van der Waals surface area contributed by atoms with Crippen molar-refractivity contribution in [3.8, 4) is 11.5 Å². The molecule has 8 nitrogen and oxygen atoms in total. The molecule has 3 rings (SSSR count). The number of thiophene rings is 1. The molecule has 0 unspecified atom stereocenters. The maximum atomic E-state index is 14.1. The number of para-hydroxylation sites is 1. The number of ether oxygens (including phenoxy) is 3. The molecule has 0 saturated heterocycles. The molecule has 37 heavy (non-hydrogen) atoms. The molecular weight excluding hydrogens is 497 g/mol. The van der Waals surface area contributed by atoms with Gasteiger partial charge in [-0.25, -0.2) is 9.18 Å². The highest BCUT2D eigenvalue weighted by Gasteiger charge is 2.23. The zero-order valence-electron chi connectivity index (χ0n) is 21.2. The molecule has 1 heterocycles. The standard InChI is InChI=1S/C27H32FN3O5S/c1-34-15-14-31(27(33)29-23-9-5-4-8-22(23)28)19-26(32)30(18-21-7-6-16-37-21)13-12-20-10-11-24(35-2)25(17-20)36-3/h4-11,16-17H,12-15,18-19H2,1-3H3,(H,29,33). The first-order chi connectivity index (χ1) is 17.9. The number of methoxy groups -OCH3 is 3. The van der Waals surface area contributed by atoms with Crippen LogP contribution in [0, 0.1) is 5.82 Å². The predicted octanol–water partition coefficient (Wildman–Crippen LogP) is 4.66. The Hall–Kier alpha value is -3.63. The maximum Gasteiger partial charge on any atom is 0.322 e. The van der Waals surface area contributed by atoms with Crippen LogP contribution in [-0.4, -0.2) is 69.3 Å². The zero-order chi connectivity index (χ0) is 26.6. The fourth-order valence-electron chi connectivity index (χ4n) is 3.66. The molecule has 1 aromatic heterocycles. The van der Waals surface area contributed by atoms with Crippen LogP contribution < -0.4 is 14.8 Å². The van der Waals surface area contributed by atoms with Crippen molar-refractivity contribution < 1.29 is 28.2 Å². The second kappa shape index (κ2) is 14.2. The summed E-state index contributed by atoms with van der Waals surface area (Å²) in [5.74, 6) is 0.468. The van der Waals surface area contributed by atoms with Crippen LogP contribution in [0.15, 0.2) is 60.0 Å². The molecule has 0 aliphatic heterocycles. The van der Waals surface area contributed by atoms with Gasteiger partial charge in [0.05, 0.1) is 33.1 Å². The minimum atomic E-state index is -0.577. The van der Waals surface area contributed by atoms with E-state index in [9.17, 15) is 14.0 Å². The topological polar surface area (TPSA) is 80.3 Å². The number of nitrogens with one attached hydrogen (secondary N) is 1. The molecule has 0 spiro atoms. The Bertz CT molecular complexity index is 1160.